The van der Waals surface area contributed by atoms with E-state index in [0.717, 1.165) is 6.42 Å². The average molecular weight is 658 g/mol. The molecule has 0 radical (unpaired) electrons. The number of allylic oxidation sites excluding steroid dienone is 1. The fourth-order valence-electron chi connectivity index (χ4n) is 5.66. The van der Waals surface area contributed by atoms with Crippen molar-refractivity contribution in [2.75, 3.05) is 12.1 Å². The molecule has 0 spiro atoms. The molecule has 1 aliphatic rings. The van der Waals surface area contributed by atoms with Gasteiger partial charge >= 0.3 is 263 Å². The molecule has 3 nitrogen and oxygen atoms in total. The van der Waals surface area contributed by atoms with E-state index in [0.29, 0.717) is 11.9 Å². The number of thioether (sulfide) groups is 1. The number of benzene rings is 4. The third-order valence-electron chi connectivity index (χ3n) is 7.78. The predicted octanol–water partition coefficient (Wildman–Crippen LogP) is 6.55. The molecule has 1 unspecified atom stereocenters. The van der Waals surface area contributed by atoms with Crippen LogP contribution in [0.2, 0.25) is 5.04 Å². The molecule has 4 aromatic carbocycles. The van der Waals surface area contributed by atoms with Gasteiger partial charge in [0, 0.05) is 0 Å². The monoisotopic (exact) mass is 658 g/mol. The summed E-state index contributed by atoms with van der Waals surface area (Å²) in [5, 5.41) is 2.24. The molecule has 0 fully saturated rings. The fourth-order valence-corrected chi connectivity index (χ4v) is 12.7. The first kappa shape index (κ1) is 30.6. The van der Waals surface area contributed by atoms with Crippen LogP contribution in [0, 0.1) is 5.41 Å². The predicted molar refractivity (Wildman–Crippen MR) is 178 cm³/mol. The summed E-state index contributed by atoms with van der Waals surface area (Å²) in [6.07, 6.45) is 3.65. The van der Waals surface area contributed by atoms with Crippen LogP contribution in [-0.2, 0) is 14.0 Å². The summed E-state index contributed by atoms with van der Waals surface area (Å²) in [6.45, 7) is 7.10. The molecule has 216 valence electrons. The Morgan fingerprint density at radius 3 is 1.88 bits per heavy atom. The third-order valence-corrected chi connectivity index (χ3v) is 15.6. The van der Waals surface area contributed by atoms with Crippen LogP contribution in [0.3, 0.4) is 0 Å². The molecule has 0 saturated heterocycles. The van der Waals surface area contributed by atoms with Crippen LogP contribution in [-0.4, -0.2) is 41.4 Å². The van der Waals surface area contributed by atoms with Gasteiger partial charge in [0.2, 0.25) is 0 Å². The number of carbonyl (C=O) groups is 1. The molecule has 0 amide bonds. The van der Waals surface area contributed by atoms with Crippen molar-refractivity contribution in [2.24, 2.45) is 5.41 Å². The Kier molecular flexibility index (Phi) is 9.92. The van der Waals surface area contributed by atoms with E-state index in [2.05, 4.69) is 124 Å². The molecule has 0 saturated carbocycles. The zero-order valence-electron chi connectivity index (χ0n) is 24.5. The molecular weight excluding hydrogens is 620 g/mol. The van der Waals surface area contributed by atoms with Gasteiger partial charge in [-0.2, -0.15) is 0 Å². The molecule has 0 aromatic heterocycles. The van der Waals surface area contributed by atoms with E-state index in [9.17, 15) is 4.79 Å². The van der Waals surface area contributed by atoms with E-state index in [-0.39, 0.29) is 32.6 Å². The summed E-state index contributed by atoms with van der Waals surface area (Å²) in [6, 6.07) is 41.9. The maximum atomic E-state index is 14.1. The van der Waals surface area contributed by atoms with Crippen LogP contribution in [0.15, 0.2) is 137 Å². The minimum atomic E-state index is -2.83. The first-order valence-corrected chi connectivity index (χ1v) is 19.2. The molecule has 0 aliphatic heterocycles. The van der Waals surface area contributed by atoms with Gasteiger partial charge in [-0.15, -0.1) is 0 Å². The van der Waals surface area contributed by atoms with Crippen molar-refractivity contribution in [1.29, 1.82) is 0 Å². The molecule has 4 aromatic rings. The van der Waals surface area contributed by atoms with E-state index >= 15 is 0 Å². The molecule has 0 heterocycles. The molecule has 0 N–H and O–H groups in total. The molecular formula is C36H38O3SSeSi. The van der Waals surface area contributed by atoms with E-state index in [1.807, 2.05) is 24.3 Å². The quantitative estimate of drug-likeness (QED) is 0.136. The fraction of sp³-hybridized carbons (Fsp3) is 0.250. The molecule has 5 rings (SSSR count). The summed E-state index contributed by atoms with van der Waals surface area (Å²) in [7, 11) is -2.83. The summed E-state index contributed by atoms with van der Waals surface area (Å²) >= 11 is 1.79. The van der Waals surface area contributed by atoms with Crippen LogP contribution >= 0.6 is 11.8 Å². The maximum absolute atomic E-state index is 14.1. The SMILES string of the molecule is CC(C)(C)[Si](OCC1(C(=O)OC[Se]c2ccccc2)C=C(Sc2ccccc2)CC1)(c1ccccc1)c1ccccc1. The Bertz CT molecular complexity index is 1430. The van der Waals surface area contributed by atoms with E-state index in [4.69, 9.17) is 9.16 Å². The van der Waals surface area contributed by atoms with E-state index in [1.54, 1.807) is 11.8 Å². The minimum absolute atomic E-state index is 0.0564. The van der Waals surface area contributed by atoms with Gasteiger partial charge in [0.25, 0.3) is 0 Å². The average Bonchev–Trinajstić information content (AvgIpc) is 3.43. The van der Waals surface area contributed by atoms with Gasteiger partial charge < -0.3 is 0 Å². The summed E-state index contributed by atoms with van der Waals surface area (Å²) in [5.74, 6) is -0.179. The molecule has 0 bridgehead atoms. The standard InChI is InChI=1S/C36H38O3SSeSi/c1-35(2,3)42(32-20-12-6-13-21-32,33-22-14-7-15-23-33)39-27-36(34(37)38-28-41-31-18-10-5-11-19-31)25-24-30(26-36)40-29-16-8-4-9-17-29/h4-23,26H,24-25,27-28H2,1-3H3. The van der Waals surface area contributed by atoms with Gasteiger partial charge in [-0.3, -0.25) is 0 Å². The Balaban J connectivity index is 1.48. The third kappa shape index (κ3) is 6.85. The van der Waals surface area contributed by atoms with E-state index < -0.39 is 13.7 Å². The second kappa shape index (κ2) is 13.6. The van der Waals surface area contributed by atoms with Crippen LogP contribution in [0.4, 0.5) is 0 Å². The number of rotatable bonds is 11. The topological polar surface area (TPSA) is 35.5 Å². The van der Waals surface area contributed by atoms with Crippen molar-refractivity contribution in [1.82, 2.24) is 0 Å². The van der Waals surface area contributed by atoms with Gasteiger partial charge in [0.15, 0.2) is 0 Å². The summed E-state index contributed by atoms with van der Waals surface area (Å²) in [4.78, 5) is 16.4. The first-order chi connectivity index (χ1) is 20.3. The van der Waals surface area contributed by atoms with Gasteiger partial charge in [0.1, 0.15) is 0 Å². The van der Waals surface area contributed by atoms with Crippen molar-refractivity contribution in [3.8, 4) is 0 Å². The Morgan fingerprint density at radius 2 is 1.33 bits per heavy atom. The Hall–Kier alpha value is -2.86. The molecule has 1 aliphatic carbocycles. The van der Waals surface area contributed by atoms with Crippen LogP contribution in [0.1, 0.15) is 33.6 Å². The second-order valence-electron chi connectivity index (χ2n) is 11.6. The van der Waals surface area contributed by atoms with Crippen LogP contribution < -0.4 is 14.8 Å². The first-order valence-electron chi connectivity index (χ1n) is 14.4. The zero-order chi connectivity index (χ0) is 29.5. The summed E-state index contributed by atoms with van der Waals surface area (Å²) < 4.78 is 14.6. The Labute approximate surface area is 262 Å². The van der Waals surface area contributed by atoms with Gasteiger partial charge in [-0.1, -0.05) is 0 Å². The number of hydrogen-bond acceptors (Lipinski definition) is 4. The molecule has 1 atom stereocenters. The number of hydrogen-bond donors (Lipinski definition) is 0. The molecule has 6 heteroatoms. The normalized spacial score (nSPS) is 17.1. The van der Waals surface area contributed by atoms with Gasteiger partial charge in [-0.05, 0) is 0 Å². The van der Waals surface area contributed by atoms with Crippen molar-refractivity contribution in [2.45, 2.75) is 43.5 Å². The molecule has 42 heavy (non-hydrogen) atoms. The van der Waals surface area contributed by atoms with Crippen LogP contribution in [0.5, 0.6) is 0 Å². The summed E-state index contributed by atoms with van der Waals surface area (Å²) in [5.41, 5.74) is -0.428. The Morgan fingerprint density at radius 1 is 0.810 bits per heavy atom. The van der Waals surface area contributed by atoms with E-state index in [1.165, 1.54) is 24.6 Å². The number of ether oxygens (including phenoxy) is 1. The van der Waals surface area contributed by atoms with Crippen molar-refractivity contribution in [3.63, 3.8) is 0 Å². The van der Waals surface area contributed by atoms with Gasteiger partial charge in [-0.25, -0.2) is 0 Å². The van der Waals surface area contributed by atoms with Crippen molar-refractivity contribution < 1.29 is 14.0 Å². The number of esters is 1. The second-order valence-corrected chi connectivity index (χ2v) is 19.2. The number of carbonyl (C=O) groups excluding carboxylic acids is 1. The van der Waals surface area contributed by atoms with Gasteiger partial charge in [0.05, 0.1) is 0 Å². The van der Waals surface area contributed by atoms with Crippen molar-refractivity contribution in [3.05, 3.63) is 132 Å². The van der Waals surface area contributed by atoms with Crippen molar-refractivity contribution >= 4 is 55.8 Å². The zero-order valence-corrected chi connectivity index (χ0v) is 28.0. The van der Waals surface area contributed by atoms with Crippen LogP contribution in [0.25, 0.3) is 0 Å².